The Morgan fingerprint density at radius 3 is 2.69 bits per heavy atom. The van der Waals surface area contributed by atoms with Crippen molar-refractivity contribution in [2.45, 2.75) is 24.7 Å². The van der Waals surface area contributed by atoms with Gasteiger partial charge in [0.2, 0.25) is 15.9 Å². The summed E-state index contributed by atoms with van der Waals surface area (Å²) in [4.78, 5) is 12.5. The van der Waals surface area contributed by atoms with Gasteiger partial charge in [-0.2, -0.15) is 4.31 Å². The fourth-order valence-electron chi connectivity index (χ4n) is 3.64. The Labute approximate surface area is 184 Å². The van der Waals surface area contributed by atoms with E-state index in [1.54, 1.807) is 31.2 Å². The number of furan rings is 1. The van der Waals surface area contributed by atoms with E-state index >= 15 is 0 Å². The molecule has 10 heteroatoms. The first-order valence-corrected chi connectivity index (χ1v) is 11.5. The molecule has 0 bridgehead atoms. The molecule has 1 amide bonds. The third-order valence-electron chi connectivity index (χ3n) is 5.29. The Hall–Kier alpha value is -3.24. The number of amides is 1. The van der Waals surface area contributed by atoms with Crippen LogP contribution in [0.15, 0.2) is 56.5 Å². The van der Waals surface area contributed by atoms with E-state index in [-0.39, 0.29) is 41.3 Å². The number of carbonyl (C=O) groups is 1. The largest absolute Gasteiger partial charge is 0.465 e. The number of aromatic nitrogens is 1. The van der Waals surface area contributed by atoms with Gasteiger partial charge in [-0.05, 0) is 62.2 Å². The Balaban J connectivity index is 1.44. The monoisotopic (exact) mass is 459 g/mol. The molecule has 1 saturated heterocycles. The first-order chi connectivity index (χ1) is 15.3. The lowest BCUT2D eigenvalue weighted by atomic mass is 9.97. The summed E-state index contributed by atoms with van der Waals surface area (Å²) in [5, 5.41) is 6.51. The van der Waals surface area contributed by atoms with Crippen LogP contribution in [0.2, 0.25) is 0 Å². The highest BCUT2D eigenvalue weighted by atomic mass is 32.2. The summed E-state index contributed by atoms with van der Waals surface area (Å²) in [6.07, 6.45) is 5.31. The van der Waals surface area contributed by atoms with Crippen LogP contribution in [0.25, 0.3) is 12.2 Å². The summed E-state index contributed by atoms with van der Waals surface area (Å²) in [6.45, 7) is 1.92. The normalized spacial score (nSPS) is 15.9. The van der Waals surface area contributed by atoms with Crippen molar-refractivity contribution in [3.05, 3.63) is 65.7 Å². The summed E-state index contributed by atoms with van der Waals surface area (Å²) in [5.74, 6) is -0.399. The Morgan fingerprint density at radius 2 is 2.00 bits per heavy atom. The number of nitrogens with zero attached hydrogens (tertiary/aromatic N) is 2. The molecule has 32 heavy (non-hydrogen) atoms. The molecule has 2 aromatic heterocycles. The predicted octanol–water partition coefficient (Wildman–Crippen LogP) is 3.92. The minimum Gasteiger partial charge on any atom is -0.465 e. The highest BCUT2D eigenvalue weighted by molar-refractivity contribution is 7.89. The Morgan fingerprint density at radius 1 is 1.22 bits per heavy atom. The average Bonchev–Trinajstić information content (AvgIpc) is 3.42. The number of rotatable bonds is 6. The number of piperidine rings is 1. The molecule has 1 aromatic carbocycles. The van der Waals surface area contributed by atoms with Gasteiger partial charge >= 0.3 is 0 Å². The van der Waals surface area contributed by atoms with E-state index < -0.39 is 15.8 Å². The number of anilines is 1. The molecule has 0 unspecified atom stereocenters. The van der Waals surface area contributed by atoms with Gasteiger partial charge in [0.05, 0.1) is 6.26 Å². The standard InChI is InChI=1S/C22H22FN3O5S/c1-15-21(20(31-25-15)8-7-19-6-3-13-30-19)32(28,29)26-11-9-16(10-12-26)22(27)24-18-5-2-4-17(23)14-18/h2-8,13-14,16H,9-12H2,1H3,(H,24,27)/b8-7+. The van der Waals surface area contributed by atoms with Crippen LogP contribution in [0.4, 0.5) is 10.1 Å². The number of hydrogen-bond acceptors (Lipinski definition) is 6. The van der Waals surface area contributed by atoms with Crippen LogP contribution in [-0.2, 0) is 14.8 Å². The molecule has 0 atom stereocenters. The lowest BCUT2D eigenvalue weighted by molar-refractivity contribution is -0.120. The van der Waals surface area contributed by atoms with E-state index in [0.29, 0.717) is 24.3 Å². The number of halogens is 1. The third kappa shape index (κ3) is 4.66. The SMILES string of the molecule is Cc1noc(/C=C/c2ccco2)c1S(=O)(=O)N1CCC(C(=O)Nc2cccc(F)c2)CC1. The zero-order valence-corrected chi connectivity index (χ0v) is 18.1. The van der Waals surface area contributed by atoms with E-state index in [9.17, 15) is 17.6 Å². The maximum absolute atomic E-state index is 13.3. The molecule has 0 radical (unpaired) electrons. The van der Waals surface area contributed by atoms with Gasteiger partial charge in [-0.25, -0.2) is 12.8 Å². The van der Waals surface area contributed by atoms with Crippen molar-refractivity contribution in [1.29, 1.82) is 0 Å². The van der Waals surface area contributed by atoms with Gasteiger partial charge in [0.1, 0.15) is 17.3 Å². The average molecular weight is 459 g/mol. The minimum atomic E-state index is -3.87. The smallest absolute Gasteiger partial charge is 0.248 e. The van der Waals surface area contributed by atoms with Crippen molar-refractivity contribution >= 4 is 33.8 Å². The first-order valence-electron chi connectivity index (χ1n) is 10.1. The number of aryl methyl sites for hydroxylation is 1. The van der Waals surface area contributed by atoms with E-state index in [1.165, 1.54) is 34.8 Å². The molecule has 1 N–H and O–H groups in total. The van der Waals surface area contributed by atoms with Crippen molar-refractivity contribution in [2.24, 2.45) is 5.92 Å². The molecular formula is C22H22FN3O5S. The molecule has 0 spiro atoms. The topological polar surface area (TPSA) is 106 Å². The number of nitrogens with one attached hydrogen (secondary N) is 1. The van der Waals surface area contributed by atoms with Crippen molar-refractivity contribution in [3.63, 3.8) is 0 Å². The van der Waals surface area contributed by atoms with Gasteiger partial charge in [-0.1, -0.05) is 11.2 Å². The van der Waals surface area contributed by atoms with Crippen LogP contribution in [0.1, 0.15) is 30.1 Å². The molecule has 4 rings (SSSR count). The van der Waals surface area contributed by atoms with E-state index in [2.05, 4.69) is 10.5 Å². The molecule has 1 fully saturated rings. The minimum absolute atomic E-state index is 0.00275. The van der Waals surface area contributed by atoms with Crippen molar-refractivity contribution in [2.75, 3.05) is 18.4 Å². The zero-order chi connectivity index (χ0) is 22.7. The lowest BCUT2D eigenvalue weighted by Gasteiger charge is -2.30. The number of carbonyl (C=O) groups excluding carboxylic acids is 1. The fraction of sp³-hybridized carbons (Fsp3) is 0.273. The second-order valence-corrected chi connectivity index (χ2v) is 9.36. The summed E-state index contributed by atoms with van der Waals surface area (Å²) >= 11 is 0. The molecule has 168 valence electrons. The summed E-state index contributed by atoms with van der Waals surface area (Å²) in [6, 6.07) is 9.10. The van der Waals surface area contributed by atoms with Crippen LogP contribution in [0, 0.1) is 18.7 Å². The summed E-state index contributed by atoms with van der Waals surface area (Å²) in [5.41, 5.74) is 0.633. The number of sulfonamides is 1. The first kappa shape index (κ1) is 22.0. The fourth-order valence-corrected chi connectivity index (χ4v) is 5.36. The maximum atomic E-state index is 13.3. The highest BCUT2D eigenvalue weighted by Gasteiger charge is 2.36. The number of benzene rings is 1. The van der Waals surface area contributed by atoms with Crippen LogP contribution < -0.4 is 5.32 Å². The quantitative estimate of drug-likeness (QED) is 0.599. The molecule has 8 nitrogen and oxygen atoms in total. The van der Waals surface area contributed by atoms with Gasteiger partial charge in [0.25, 0.3) is 0 Å². The molecule has 3 aromatic rings. The van der Waals surface area contributed by atoms with Crippen molar-refractivity contribution in [1.82, 2.24) is 9.46 Å². The number of hydrogen-bond donors (Lipinski definition) is 1. The molecular weight excluding hydrogens is 437 g/mol. The van der Waals surface area contributed by atoms with Gasteiger partial charge in [0, 0.05) is 24.7 Å². The van der Waals surface area contributed by atoms with Crippen LogP contribution >= 0.6 is 0 Å². The van der Waals surface area contributed by atoms with Crippen LogP contribution in [0.3, 0.4) is 0 Å². The molecule has 1 aliphatic rings. The lowest BCUT2D eigenvalue weighted by Crippen LogP contribution is -2.41. The van der Waals surface area contributed by atoms with Gasteiger partial charge in [0.15, 0.2) is 10.7 Å². The van der Waals surface area contributed by atoms with Crippen molar-refractivity contribution in [3.8, 4) is 0 Å². The Bertz CT molecular complexity index is 1230. The second kappa shape index (κ2) is 9.09. The molecule has 0 aliphatic carbocycles. The molecule has 3 heterocycles. The second-order valence-electron chi connectivity index (χ2n) is 7.49. The zero-order valence-electron chi connectivity index (χ0n) is 17.3. The van der Waals surface area contributed by atoms with E-state index in [1.807, 2.05) is 0 Å². The van der Waals surface area contributed by atoms with Gasteiger partial charge < -0.3 is 14.3 Å². The van der Waals surface area contributed by atoms with Crippen LogP contribution in [0.5, 0.6) is 0 Å². The maximum Gasteiger partial charge on any atom is 0.248 e. The molecule has 1 aliphatic heterocycles. The Kier molecular flexibility index (Phi) is 6.24. The summed E-state index contributed by atoms with van der Waals surface area (Å²) in [7, 11) is -3.87. The molecule has 0 saturated carbocycles. The van der Waals surface area contributed by atoms with Gasteiger partial charge in [-0.3, -0.25) is 4.79 Å². The summed E-state index contributed by atoms with van der Waals surface area (Å²) < 4.78 is 51.7. The van der Waals surface area contributed by atoms with E-state index in [4.69, 9.17) is 8.94 Å². The predicted molar refractivity (Wildman–Crippen MR) is 115 cm³/mol. The van der Waals surface area contributed by atoms with Crippen LogP contribution in [-0.4, -0.2) is 36.9 Å². The van der Waals surface area contributed by atoms with E-state index in [0.717, 1.165) is 0 Å². The third-order valence-corrected chi connectivity index (χ3v) is 7.35. The van der Waals surface area contributed by atoms with Crippen molar-refractivity contribution < 1.29 is 26.5 Å². The highest BCUT2D eigenvalue weighted by Crippen LogP contribution is 2.29. The van der Waals surface area contributed by atoms with Gasteiger partial charge in [-0.15, -0.1) is 0 Å².